The number of amides is 1. The van der Waals surface area contributed by atoms with E-state index in [1.165, 1.54) is 0 Å². The molecule has 1 unspecified atom stereocenters. The monoisotopic (exact) mass is 432 g/mol. The van der Waals surface area contributed by atoms with E-state index in [2.05, 4.69) is 5.32 Å². The van der Waals surface area contributed by atoms with Crippen molar-refractivity contribution in [1.29, 1.82) is 0 Å². The maximum absolute atomic E-state index is 13.6. The molecule has 0 spiro atoms. The molecule has 0 fully saturated rings. The molecular formula is C25H24N2O5. The molecule has 0 aliphatic carbocycles. The second-order valence-corrected chi connectivity index (χ2v) is 7.52. The SMILES string of the molecule is CCOc1cccc(C2Nc3ccccc3C(=O)N2Cc2ccc3c(c2)OCO3)c1OC. The number of methoxy groups -OCH3 is 1. The van der Waals surface area contributed by atoms with Gasteiger partial charge in [0.2, 0.25) is 6.79 Å². The Balaban J connectivity index is 1.58. The average molecular weight is 432 g/mol. The van der Waals surface area contributed by atoms with Gasteiger partial charge in [-0.05, 0) is 42.8 Å². The minimum Gasteiger partial charge on any atom is -0.492 e. The number of anilines is 1. The number of para-hydroxylation sites is 2. The number of hydrogen-bond acceptors (Lipinski definition) is 6. The molecular weight excluding hydrogens is 408 g/mol. The molecule has 0 saturated carbocycles. The number of benzene rings is 3. The highest BCUT2D eigenvalue weighted by molar-refractivity contribution is 6.01. The number of carbonyl (C=O) groups excluding carboxylic acids is 1. The van der Waals surface area contributed by atoms with Gasteiger partial charge in [0.25, 0.3) is 5.91 Å². The fourth-order valence-corrected chi connectivity index (χ4v) is 4.17. The van der Waals surface area contributed by atoms with Crippen LogP contribution in [0.5, 0.6) is 23.0 Å². The Bertz CT molecular complexity index is 1160. The van der Waals surface area contributed by atoms with Crippen molar-refractivity contribution in [3.05, 3.63) is 77.4 Å². The van der Waals surface area contributed by atoms with Crippen LogP contribution in [-0.4, -0.2) is 31.3 Å². The molecule has 7 heteroatoms. The summed E-state index contributed by atoms with van der Waals surface area (Å²) < 4.78 is 22.4. The van der Waals surface area contributed by atoms with Crippen molar-refractivity contribution in [1.82, 2.24) is 4.90 Å². The van der Waals surface area contributed by atoms with Gasteiger partial charge in [0.15, 0.2) is 23.0 Å². The molecule has 0 aromatic heterocycles. The lowest BCUT2D eigenvalue weighted by Crippen LogP contribution is -2.42. The van der Waals surface area contributed by atoms with Crippen molar-refractivity contribution >= 4 is 11.6 Å². The fraction of sp³-hybridized carbons (Fsp3) is 0.240. The third-order valence-electron chi connectivity index (χ3n) is 5.62. The molecule has 164 valence electrons. The van der Waals surface area contributed by atoms with Crippen molar-refractivity contribution in [2.75, 3.05) is 25.8 Å². The smallest absolute Gasteiger partial charge is 0.258 e. The highest BCUT2D eigenvalue weighted by Crippen LogP contribution is 2.42. The zero-order valence-electron chi connectivity index (χ0n) is 18.0. The van der Waals surface area contributed by atoms with Gasteiger partial charge in [0.1, 0.15) is 6.17 Å². The second-order valence-electron chi connectivity index (χ2n) is 7.52. The van der Waals surface area contributed by atoms with E-state index >= 15 is 0 Å². The van der Waals surface area contributed by atoms with E-state index in [0.29, 0.717) is 41.7 Å². The number of ether oxygens (including phenoxy) is 4. The normalized spacial score (nSPS) is 16.4. The highest BCUT2D eigenvalue weighted by atomic mass is 16.7. The fourth-order valence-electron chi connectivity index (χ4n) is 4.17. The molecule has 0 radical (unpaired) electrons. The summed E-state index contributed by atoms with van der Waals surface area (Å²) in [7, 11) is 1.61. The number of rotatable bonds is 6. The van der Waals surface area contributed by atoms with E-state index in [0.717, 1.165) is 16.8 Å². The van der Waals surface area contributed by atoms with E-state index in [1.54, 1.807) is 12.0 Å². The first-order valence-corrected chi connectivity index (χ1v) is 10.5. The Morgan fingerprint density at radius 2 is 1.91 bits per heavy atom. The quantitative estimate of drug-likeness (QED) is 0.615. The zero-order valence-corrected chi connectivity index (χ0v) is 18.0. The van der Waals surface area contributed by atoms with Crippen LogP contribution < -0.4 is 24.3 Å². The predicted octanol–water partition coefficient (Wildman–Crippen LogP) is 4.59. The lowest BCUT2D eigenvalue weighted by atomic mass is 10.0. The summed E-state index contributed by atoms with van der Waals surface area (Å²) in [5.41, 5.74) is 3.17. The van der Waals surface area contributed by atoms with Crippen LogP contribution in [-0.2, 0) is 6.54 Å². The molecule has 3 aromatic carbocycles. The Kier molecular flexibility index (Phi) is 5.23. The Morgan fingerprint density at radius 1 is 1.06 bits per heavy atom. The van der Waals surface area contributed by atoms with Crippen LogP contribution in [0.1, 0.15) is 34.6 Å². The highest BCUT2D eigenvalue weighted by Gasteiger charge is 2.35. The topological polar surface area (TPSA) is 69.3 Å². The third-order valence-corrected chi connectivity index (χ3v) is 5.62. The molecule has 2 aliphatic rings. The van der Waals surface area contributed by atoms with Gasteiger partial charge in [-0.15, -0.1) is 0 Å². The van der Waals surface area contributed by atoms with Crippen LogP contribution in [0.3, 0.4) is 0 Å². The summed E-state index contributed by atoms with van der Waals surface area (Å²) in [5, 5.41) is 3.52. The van der Waals surface area contributed by atoms with Gasteiger partial charge < -0.3 is 29.2 Å². The summed E-state index contributed by atoms with van der Waals surface area (Å²) in [6, 6.07) is 19.0. The van der Waals surface area contributed by atoms with Crippen molar-refractivity contribution in [3.8, 4) is 23.0 Å². The number of fused-ring (bicyclic) bond motifs is 2. The molecule has 3 aromatic rings. The third kappa shape index (κ3) is 3.45. The minimum atomic E-state index is -0.446. The van der Waals surface area contributed by atoms with E-state index in [-0.39, 0.29) is 12.7 Å². The van der Waals surface area contributed by atoms with E-state index in [4.69, 9.17) is 18.9 Å². The van der Waals surface area contributed by atoms with Gasteiger partial charge in [-0.25, -0.2) is 0 Å². The maximum Gasteiger partial charge on any atom is 0.258 e. The maximum atomic E-state index is 13.6. The van der Waals surface area contributed by atoms with Gasteiger partial charge in [-0.2, -0.15) is 0 Å². The molecule has 5 rings (SSSR count). The first-order chi connectivity index (χ1) is 15.7. The average Bonchev–Trinajstić information content (AvgIpc) is 3.29. The first kappa shape index (κ1) is 20.1. The number of hydrogen-bond donors (Lipinski definition) is 1. The van der Waals surface area contributed by atoms with E-state index in [9.17, 15) is 4.79 Å². The van der Waals surface area contributed by atoms with Gasteiger partial charge in [0.05, 0.1) is 19.3 Å². The molecule has 0 saturated heterocycles. The van der Waals surface area contributed by atoms with Gasteiger partial charge in [-0.1, -0.05) is 30.3 Å². The molecule has 2 aliphatic heterocycles. The minimum absolute atomic E-state index is 0.0640. The summed E-state index contributed by atoms with van der Waals surface area (Å²) in [4.78, 5) is 15.4. The molecule has 2 heterocycles. The van der Waals surface area contributed by atoms with E-state index < -0.39 is 6.17 Å². The number of carbonyl (C=O) groups is 1. The van der Waals surface area contributed by atoms with Crippen LogP contribution in [0, 0.1) is 0 Å². The van der Waals surface area contributed by atoms with E-state index in [1.807, 2.05) is 67.6 Å². The summed E-state index contributed by atoms with van der Waals surface area (Å²) in [5.74, 6) is 2.59. The van der Waals surface area contributed by atoms with Gasteiger partial charge in [-0.3, -0.25) is 4.79 Å². The summed E-state index contributed by atoms with van der Waals surface area (Å²) >= 11 is 0. The van der Waals surface area contributed by atoms with Crippen molar-refractivity contribution in [2.24, 2.45) is 0 Å². The van der Waals surface area contributed by atoms with Crippen LogP contribution in [0.25, 0.3) is 0 Å². The molecule has 32 heavy (non-hydrogen) atoms. The molecule has 1 atom stereocenters. The van der Waals surface area contributed by atoms with Crippen LogP contribution in [0.2, 0.25) is 0 Å². The van der Waals surface area contributed by atoms with Gasteiger partial charge in [0, 0.05) is 17.8 Å². The lowest BCUT2D eigenvalue weighted by Gasteiger charge is -2.38. The Hall–Kier alpha value is -3.87. The second kappa shape index (κ2) is 8.34. The number of nitrogens with zero attached hydrogens (tertiary/aromatic N) is 1. The molecule has 0 bridgehead atoms. The first-order valence-electron chi connectivity index (χ1n) is 10.5. The molecule has 1 amide bonds. The molecule has 1 N–H and O–H groups in total. The van der Waals surface area contributed by atoms with Crippen LogP contribution >= 0.6 is 0 Å². The zero-order chi connectivity index (χ0) is 22.1. The molecule has 7 nitrogen and oxygen atoms in total. The standard InChI is InChI=1S/C25H24N2O5/c1-3-30-21-10-6-8-18(23(21)29-2)24-26-19-9-5-4-7-17(19)25(28)27(24)14-16-11-12-20-22(13-16)32-15-31-20/h4-13,24,26H,3,14-15H2,1-2H3. The summed E-state index contributed by atoms with van der Waals surface area (Å²) in [6.07, 6.45) is -0.446. The van der Waals surface area contributed by atoms with Gasteiger partial charge >= 0.3 is 0 Å². The van der Waals surface area contributed by atoms with Crippen molar-refractivity contribution < 1.29 is 23.7 Å². The van der Waals surface area contributed by atoms with Crippen LogP contribution in [0.15, 0.2) is 60.7 Å². The van der Waals surface area contributed by atoms with Crippen molar-refractivity contribution in [3.63, 3.8) is 0 Å². The summed E-state index contributed by atoms with van der Waals surface area (Å²) in [6.45, 7) is 3.03. The predicted molar refractivity (Wildman–Crippen MR) is 119 cm³/mol. The lowest BCUT2D eigenvalue weighted by molar-refractivity contribution is 0.0664. The Labute approximate surface area is 186 Å². The van der Waals surface area contributed by atoms with Crippen molar-refractivity contribution in [2.45, 2.75) is 19.6 Å². The largest absolute Gasteiger partial charge is 0.492 e. The Morgan fingerprint density at radius 3 is 2.75 bits per heavy atom. The van der Waals surface area contributed by atoms with Crippen LogP contribution in [0.4, 0.5) is 5.69 Å². The number of nitrogens with one attached hydrogen (secondary N) is 1.